The van der Waals surface area contributed by atoms with Gasteiger partial charge in [0.25, 0.3) is 11.7 Å². The summed E-state index contributed by atoms with van der Waals surface area (Å²) in [6, 6.07) is 6.54. The maximum atomic E-state index is 12.2. The van der Waals surface area contributed by atoms with E-state index in [0.29, 0.717) is 40.7 Å². The molecule has 1 aromatic rings. The highest BCUT2D eigenvalue weighted by Crippen LogP contribution is 2.26. The highest BCUT2D eigenvalue weighted by atomic mass is 32.2. The number of likely N-dealkylation sites (tertiary alicyclic amines) is 1. The van der Waals surface area contributed by atoms with Crippen LogP contribution in [0.1, 0.15) is 20.3 Å². The molecule has 122 valence electrons. The Morgan fingerprint density at radius 3 is 2.41 bits per heavy atom. The van der Waals surface area contributed by atoms with E-state index in [2.05, 4.69) is 19.2 Å². The summed E-state index contributed by atoms with van der Waals surface area (Å²) in [4.78, 5) is 13.9. The zero-order chi connectivity index (χ0) is 16.1. The molecule has 1 fully saturated rings. The summed E-state index contributed by atoms with van der Waals surface area (Å²) in [7, 11) is 0. The number of thioether (sulfide) groups is 1. The van der Waals surface area contributed by atoms with Crippen LogP contribution in [0.25, 0.3) is 0 Å². The van der Waals surface area contributed by atoms with Gasteiger partial charge in [0, 0.05) is 22.4 Å². The monoisotopic (exact) mass is 329 g/mol. The summed E-state index contributed by atoms with van der Waals surface area (Å²) in [5.74, 6) is -1.15. The minimum Gasteiger partial charge on any atom is -0.327 e. The molecule has 0 saturated carbocycles. The zero-order valence-electron chi connectivity index (χ0n) is 12.9. The maximum Gasteiger partial charge on any atom is 0.288 e. The third-order valence-corrected chi connectivity index (χ3v) is 4.58. The summed E-state index contributed by atoms with van der Waals surface area (Å²) in [6.45, 7) is 6.98. The van der Waals surface area contributed by atoms with Gasteiger partial charge in [-0.15, -0.1) is 0 Å². The molecule has 1 heterocycles. The van der Waals surface area contributed by atoms with Crippen LogP contribution in [0.15, 0.2) is 29.2 Å². The first kappa shape index (κ1) is 17.2. The molecule has 2 rings (SSSR count). The number of hydrogen-bond acceptors (Lipinski definition) is 2. The first-order chi connectivity index (χ1) is 10.4. The first-order valence-corrected chi connectivity index (χ1v) is 8.48. The van der Waals surface area contributed by atoms with Crippen molar-refractivity contribution in [3.63, 3.8) is 0 Å². The molecule has 0 bridgehead atoms. The van der Waals surface area contributed by atoms with E-state index in [9.17, 15) is 13.6 Å². The summed E-state index contributed by atoms with van der Waals surface area (Å²) >= 11 is 0.505. The van der Waals surface area contributed by atoms with E-state index in [1.165, 1.54) is 11.3 Å². The fourth-order valence-corrected chi connectivity index (χ4v) is 3.72. The topological polar surface area (TPSA) is 33.5 Å². The quantitative estimate of drug-likeness (QED) is 0.814. The maximum absolute atomic E-state index is 12.2. The molecule has 0 aromatic heterocycles. The van der Waals surface area contributed by atoms with E-state index in [4.69, 9.17) is 0 Å². The van der Waals surface area contributed by atoms with Gasteiger partial charge in [-0.25, -0.2) is 0 Å². The molecule has 0 aliphatic carbocycles. The summed E-state index contributed by atoms with van der Waals surface area (Å²) in [5.41, 5.74) is 0.654. The number of amides is 1. The fourth-order valence-electron chi connectivity index (χ4n) is 3.22. The average molecular weight is 329 g/mol. The van der Waals surface area contributed by atoms with Crippen LogP contribution in [0.4, 0.5) is 14.5 Å². The van der Waals surface area contributed by atoms with Crippen LogP contribution in [-0.4, -0.2) is 31.3 Å². The number of quaternary nitrogens is 1. The largest absolute Gasteiger partial charge is 0.327 e. The van der Waals surface area contributed by atoms with E-state index in [0.717, 1.165) is 13.1 Å². The number of rotatable bonds is 5. The van der Waals surface area contributed by atoms with Crippen molar-refractivity contribution >= 4 is 23.4 Å². The molecule has 0 unspecified atom stereocenters. The van der Waals surface area contributed by atoms with Gasteiger partial charge in [0.2, 0.25) is 0 Å². The molecule has 2 atom stereocenters. The molecular weight excluding hydrogens is 306 g/mol. The molecule has 1 saturated heterocycles. The van der Waals surface area contributed by atoms with Crippen molar-refractivity contribution in [2.24, 2.45) is 11.8 Å². The van der Waals surface area contributed by atoms with Gasteiger partial charge in [-0.05, 0) is 30.7 Å². The number of hydrogen-bond donors (Lipinski definition) is 2. The molecule has 1 amide bonds. The fraction of sp³-hybridized carbons (Fsp3) is 0.562. The van der Waals surface area contributed by atoms with Crippen molar-refractivity contribution in [3.8, 4) is 0 Å². The second kappa shape index (κ2) is 7.92. The van der Waals surface area contributed by atoms with E-state index >= 15 is 0 Å². The van der Waals surface area contributed by atoms with Crippen molar-refractivity contribution in [1.82, 2.24) is 0 Å². The van der Waals surface area contributed by atoms with Gasteiger partial charge >= 0.3 is 0 Å². The molecule has 2 N–H and O–H groups in total. The van der Waals surface area contributed by atoms with Crippen LogP contribution >= 0.6 is 11.8 Å². The van der Waals surface area contributed by atoms with Crippen molar-refractivity contribution in [1.29, 1.82) is 0 Å². The van der Waals surface area contributed by atoms with Gasteiger partial charge in [0.1, 0.15) is 0 Å². The smallest absolute Gasteiger partial charge is 0.288 e. The number of nitrogens with one attached hydrogen (secondary N) is 2. The predicted molar refractivity (Wildman–Crippen MR) is 85.4 cm³/mol. The summed E-state index contributed by atoms with van der Waals surface area (Å²) in [5, 5.41) is 2.84. The molecule has 6 heteroatoms. The summed E-state index contributed by atoms with van der Waals surface area (Å²) < 4.78 is 24.5. The number of alkyl halides is 2. The number of carbonyl (C=O) groups excluding carboxylic acids is 1. The molecule has 0 radical (unpaired) electrons. The van der Waals surface area contributed by atoms with E-state index in [-0.39, 0.29) is 5.91 Å². The molecule has 1 aliphatic heterocycles. The highest BCUT2D eigenvalue weighted by Gasteiger charge is 2.26. The lowest BCUT2D eigenvalue weighted by Crippen LogP contribution is -3.15. The highest BCUT2D eigenvalue weighted by molar-refractivity contribution is 7.99. The Morgan fingerprint density at radius 2 is 1.86 bits per heavy atom. The van der Waals surface area contributed by atoms with Crippen molar-refractivity contribution in [3.05, 3.63) is 24.3 Å². The lowest BCUT2D eigenvalue weighted by atomic mass is 9.92. The Hall–Kier alpha value is -1.14. The Kier molecular flexibility index (Phi) is 6.20. The van der Waals surface area contributed by atoms with E-state index in [1.54, 1.807) is 24.3 Å². The van der Waals surface area contributed by atoms with Crippen LogP contribution in [0.3, 0.4) is 0 Å². The number of piperidine rings is 1. The van der Waals surface area contributed by atoms with Crippen molar-refractivity contribution in [2.45, 2.75) is 30.9 Å². The van der Waals surface area contributed by atoms with Gasteiger partial charge in [-0.3, -0.25) is 4.79 Å². The van der Waals surface area contributed by atoms with E-state index < -0.39 is 5.76 Å². The molecule has 22 heavy (non-hydrogen) atoms. The second-order valence-electron chi connectivity index (χ2n) is 6.23. The molecule has 1 aromatic carbocycles. The lowest BCUT2D eigenvalue weighted by molar-refractivity contribution is -0.904. The Bertz CT molecular complexity index is 485. The zero-order valence-corrected chi connectivity index (χ0v) is 13.8. The van der Waals surface area contributed by atoms with Gasteiger partial charge in [0.05, 0.1) is 13.1 Å². The number of anilines is 1. The van der Waals surface area contributed by atoms with Crippen LogP contribution in [0, 0.1) is 11.8 Å². The van der Waals surface area contributed by atoms with Crippen LogP contribution in [0.2, 0.25) is 0 Å². The molecule has 0 spiro atoms. The third-order valence-electron chi connectivity index (χ3n) is 3.85. The Balaban J connectivity index is 1.84. The second-order valence-corrected chi connectivity index (χ2v) is 7.30. The van der Waals surface area contributed by atoms with Gasteiger partial charge in [-0.2, -0.15) is 8.78 Å². The molecule has 3 nitrogen and oxygen atoms in total. The van der Waals surface area contributed by atoms with Gasteiger partial charge in [0.15, 0.2) is 6.54 Å². The SMILES string of the molecule is C[C@H]1C[C@H](C)C[NH+](CC(=O)Nc2ccc(SC(F)F)cc2)C1. The summed E-state index contributed by atoms with van der Waals surface area (Å²) in [6.07, 6.45) is 1.23. The third kappa shape index (κ3) is 5.57. The lowest BCUT2D eigenvalue weighted by Gasteiger charge is -2.31. The standard InChI is InChI=1S/C16H22F2N2OS/c1-11-7-12(2)9-20(8-11)10-15(21)19-13-3-5-14(6-4-13)22-16(17)18/h3-6,11-12,16H,7-10H2,1-2H3,(H,19,21)/p+1/t11-,12-/m0/s1. The number of benzene rings is 1. The minimum atomic E-state index is -2.42. The predicted octanol–water partition coefficient (Wildman–Crippen LogP) is 2.50. The number of halogens is 2. The Morgan fingerprint density at radius 1 is 1.27 bits per heavy atom. The average Bonchev–Trinajstić information content (AvgIpc) is 2.39. The first-order valence-electron chi connectivity index (χ1n) is 7.60. The van der Waals surface area contributed by atoms with Crippen LogP contribution in [-0.2, 0) is 4.79 Å². The minimum absolute atomic E-state index is 0.0226. The van der Waals surface area contributed by atoms with E-state index in [1.807, 2.05) is 0 Å². The van der Waals surface area contributed by atoms with Crippen LogP contribution < -0.4 is 10.2 Å². The van der Waals surface area contributed by atoms with Gasteiger partial charge in [-0.1, -0.05) is 25.6 Å². The number of carbonyl (C=O) groups is 1. The Labute approximate surface area is 134 Å². The van der Waals surface area contributed by atoms with Crippen LogP contribution in [0.5, 0.6) is 0 Å². The van der Waals surface area contributed by atoms with Crippen molar-refractivity contribution < 1.29 is 18.5 Å². The molecule has 1 aliphatic rings. The van der Waals surface area contributed by atoms with Gasteiger partial charge < -0.3 is 10.2 Å². The van der Waals surface area contributed by atoms with Crippen molar-refractivity contribution in [2.75, 3.05) is 25.0 Å². The molecular formula is C16H23F2N2OS+. The normalized spacial score (nSPS) is 25.2.